The molecule has 2 saturated heterocycles. The number of hydrogen-bond donors (Lipinski definition) is 1. The Labute approximate surface area is 166 Å². The van der Waals surface area contributed by atoms with Crippen molar-refractivity contribution in [3.63, 3.8) is 0 Å². The van der Waals surface area contributed by atoms with Gasteiger partial charge < -0.3 is 15.1 Å². The lowest BCUT2D eigenvalue weighted by molar-refractivity contribution is -0.136. The van der Waals surface area contributed by atoms with E-state index in [1.807, 2.05) is 41.3 Å². The number of benzene rings is 2. The van der Waals surface area contributed by atoms with E-state index in [-0.39, 0.29) is 18.0 Å². The van der Waals surface area contributed by atoms with Crippen molar-refractivity contribution in [1.29, 1.82) is 0 Å². The number of rotatable bonds is 3. The van der Waals surface area contributed by atoms with Gasteiger partial charge in [-0.15, -0.1) is 0 Å². The smallest absolute Gasteiger partial charge is 0.322 e. The second-order valence-electron chi connectivity index (χ2n) is 7.66. The second kappa shape index (κ2) is 8.46. The third kappa shape index (κ3) is 4.03. The van der Waals surface area contributed by atoms with Crippen molar-refractivity contribution in [2.75, 3.05) is 25.0 Å². The minimum absolute atomic E-state index is 0.104. The van der Waals surface area contributed by atoms with Gasteiger partial charge in [-0.2, -0.15) is 0 Å². The van der Waals surface area contributed by atoms with Crippen molar-refractivity contribution in [1.82, 2.24) is 9.80 Å². The molecule has 28 heavy (non-hydrogen) atoms. The monoisotopic (exact) mass is 377 g/mol. The normalized spacial score (nSPS) is 20.2. The summed E-state index contributed by atoms with van der Waals surface area (Å²) in [5.41, 5.74) is 2.12. The third-order valence-electron chi connectivity index (χ3n) is 5.90. The van der Waals surface area contributed by atoms with E-state index in [1.165, 1.54) is 5.56 Å². The number of urea groups is 1. The number of nitrogens with one attached hydrogen (secondary N) is 1. The fourth-order valence-corrected chi connectivity index (χ4v) is 4.35. The molecule has 3 amide bonds. The van der Waals surface area contributed by atoms with Crippen LogP contribution in [-0.4, -0.2) is 47.4 Å². The fraction of sp³-hybridized carbons (Fsp3) is 0.391. The highest BCUT2D eigenvalue weighted by Gasteiger charge is 2.37. The quantitative estimate of drug-likeness (QED) is 0.876. The summed E-state index contributed by atoms with van der Waals surface area (Å²) in [6, 6.07) is 19.4. The topological polar surface area (TPSA) is 52.7 Å². The molecule has 2 aromatic carbocycles. The first kappa shape index (κ1) is 18.5. The molecule has 2 aliphatic rings. The number of carbonyl (C=O) groups is 2. The highest BCUT2D eigenvalue weighted by atomic mass is 16.2. The standard InChI is InChI=1S/C23H27N3O2/c27-22(25-16-13-19(14-17-25)18-8-3-1-4-9-18)21-12-7-15-26(21)23(28)24-20-10-5-2-6-11-20/h1-6,8-11,19,21H,7,12-17H2,(H,24,28). The van der Waals surface area contributed by atoms with Crippen LogP contribution < -0.4 is 5.32 Å². The minimum Gasteiger partial charge on any atom is -0.341 e. The number of likely N-dealkylation sites (tertiary alicyclic amines) is 2. The van der Waals surface area contributed by atoms with Crippen LogP contribution in [0, 0.1) is 0 Å². The van der Waals surface area contributed by atoms with Crippen molar-refractivity contribution in [2.24, 2.45) is 0 Å². The summed E-state index contributed by atoms with van der Waals surface area (Å²) in [4.78, 5) is 29.5. The molecule has 146 valence electrons. The van der Waals surface area contributed by atoms with E-state index < -0.39 is 0 Å². The number of carbonyl (C=O) groups excluding carboxylic acids is 2. The predicted octanol–water partition coefficient (Wildman–Crippen LogP) is 4.09. The van der Waals surface area contributed by atoms with Crippen LogP contribution in [0.5, 0.6) is 0 Å². The first-order valence-corrected chi connectivity index (χ1v) is 10.2. The molecule has 4 rings (SSSR count). The van der Waals surface area contributed by atoms with Gasteiger partial charge in [0, 0.05) is 25.3 Å². The van der Waals surface area contributed by atoms with Gasteiger partial charge in [-0.1, -0.05) is 48.5 Å². The highest BCUT2D eigenvalue weighted by molar-refractivity contribution is 5.94. The van der Waals surface area contributed by atoms with Gasteiger partial charge in [-0.05, 0) is 49.3 Å². The molecule has 5 nitrogen and oxygen atoms in total. The van der Waals surface area contributed by atoms with Gasteiger partial charge in [0.15, 0.2) is 0 Å². The summed E-state index contributed by atoms with van der Waals surface area (Å²) in [7, 11) is 0. The van der Waals surface area contributed by atoms with Crippen LogP contribution in [-0.2, 0) is 4.79 Å². The Bertz CT molecular complexity index is 801. The molecule has 0 aromatic heterocycles. The Kier molecular flexibility index (Phi) is 5.60. The van der Waals surface area contributed by atoms with Crippen LogP contribution in [0.25, 0.3) is 0 Å². The van der Waals surface area contributed by atoms with Crippen molar-refractivity contribution in [2.45, 2.75) is 37.6 Å². The zero-order chi connectivity index (χ0) is 19.3. The number of nitrogens with zero attached hydrogens (tertiary/aromatic N) is 2. The average molecular weight is 377 g/mol. The second-order valence-corrected chi connectivity index (χ2v) is 7.66. The largest absolute Gasteiger partial charge is 0.341 e. The zero-order valence-electron chi connectivity index (χ0n) is 16.1. The van der Waals surface area contributed by atoms with Crippen LogP contribution in [0.4, 0.5) is 10.5 Å². The van der Waals surface area contributed by atoms with E-state index in [1.54, 1.807) is 4.90 Å². The summed E-state index contributed by atoms with van der Waals surface area (Å²) in [6.07, 6.45) is 3.59. The van der Waals surface area contributed by atoms with Gasteiger partial charge in [0.25, 0.3) is 0 Å². The van der Waals surface area contributed by atoms with E-state index >= 15 is 0 Å². The molecular weight excluding hydrogens is 350 g/mol. The molecule has 1 N–H and O–H groups in total. The molecule has 0 spiro atoms. The molecule has 1 atom stereocenters. The Balaban J connectivity index is 1.35. The van der Waals surface area contributed by atoms with E-state index in [0.29, 0.717) is 12.5 Å². The number of amides is 3. The number of para-hydroxylation sites is 1. The van der Waals surface area contributed by atoms with E-state index in [9.17, 15) is 9.59 Å². The maximum atomic E-state index is 13.1. The Morgan fingerprint density at radius 1 is 0.821 bits per heavy atom. The molecule has 2 aliphatic heterocycles. The Morgan fingerprint density at radius 3 is 2.14 bits per heavy atom. The van der Waals surface area contributed by atoms with Crippen molar-refractivity contribution < 1.29 is 9.59 Å². The first-order valence-electron chi connectivity index (χ1n) is 10.2. The Hall–Kier alpha value is -2.82. The van der Waals surface area contributed by atoms with Gasteiger partial charge >= 0.3 is 6.03 Å². The summed E-state index contributed by atoms with van der Waals surface area (Å²) in [5.74, 6) is 0.624. The highest BCUT2D eigenvalue weighted by Crippen LogP contribution is 2.29. The number of hydrogen-bond acceptors (Lipinski definition) is 2. The average Bonchev–Trinajstić information content (AvgIpc) is 3.25. The fourth-order valence-electron chi connectivity index (χ4n) is 4.35. The van der Waals surface area contributed by atoms with E-state index in [2.05, 4.69) is 29.6 Å². The molecule has 0 saturated carbocycles. The molecule has 1 unspecified atom stereocenters. The van der Waals surface area contributed by atoms with Crippen LogP contribution >= 0.6 is 0 Å². The van der Waals surface area contributed by atoms with Crippen LogP contribution in [0.3, 0.4) is 0 Å². The molecule has 2 aromatic rings. The van der Waals surface area contributed by atoms with Gasteiger partial charge in [-0.3, -0.25) is 4.79 Å². The first-order chi connectivity index (χ1) is 13.7. The summed E-state index contributed by atoms with van der Waals surface area (Å²) in [6.45, 7) is 2.17. The van der Waals surface area contributed by atoms with Crippen molar-refractivity contribution in [3.8, 4) is 0 Å². The summed E-state index contributed by atoms with van der Waals surface area (Å²) in [5, 5.41) is 2.92. The lowest BCUT2D eigenvalue weighted by Crippen LogP contribution is -2.50. The molecule has 2 heterocycles. The van der Waals surface area contributed by atoms with Gasteiger partial charge in [0.2, 0.25) is 5.91 Å². The van der Waals surface area contributed by atoms with Crippen molar-refractivity contribution in [3.05, 3.63) is 66.2 Å². The van der Waals surface area contributed by atoms with Crippen LogP contribution in [0.15, 0.2) is 60.7 Å². The lowest BCUT2D eigenvalue weighted by atomic mass is 9.89. The van der Waals surface area contributed by atoms with Gasteiger partial charge in [-0.25, -0.2) is 4.79 Å². The molecule has 5 heteroatoms. The van der Waals surface area contributed by atoms with Gasteiger partial charge in [0.1, 0.15) is 6.04 Å². The van der Waals surface area contributed by atoms with Crippen LogP contribution in [0.1, 0.15) is 37.2 Å². The number of piperidine rings is 1. The molecule has 0 aliphatic carbocycles. The lowest BCUT2D eigenvalue weighted by Gasteiger charge is -2.35. The molecule has 2 fully saturated rings. The molecule has 0 bridgehead atoms. The molecular formula is C23H27N3O2. The minimum atomic E-state index is -0.336. The molecule has 0 radical (unpaired) electrons. The predicted molar refractivity (Wildman–Crippen MR) is 110 cm³/mol. The SMILES string of the molecule is O=C(C1CCCN1C(=O)Nc1ccccc1)N1CCC(c2ccccc2)CC1. The zero-order valence-corrected chi connectivity index (χ0v) is 16.1. The van der Waals surface area contributed by atoms with Gasteiger partial charge in [0.05, 0.1) is 0 Å². The maximum absolute atomic E-state index is 13.1. The summed E-state index contributed by atoms with van der Waals surface area (Å²) < 4.78 is 0. The number of anilines is 1. The van der Waals surface area contributed by atoms with Crippen LogP contribution in [0.2, 0.25) is 0 Å². The maximum Gasteiger partial charge on any atom is 0.322 e. The third-order valence-corrected chi connectivity index (χ3v) is 5.90. The van der Waals surface area contributed by atoms with E-state index in [0.717, 1.165) is 44.5 Å². The summed E-state index contributed by atoms with van der Waals surface area (Å²) >= 11 is 0. The van der Waals surface area contributed by atoms with Crippen molar-refractivity contribution >= 4 is 17.6 Å². The van der Waals surface area contributed by atoms with E-state index in [4.69, 9.17) is 0 Å². The Morgan fingerprint density at radius 2 is 1.46 bits per heavy atom.